The molecule has 2 aliphatic heterocycles. The molecule has 1 amide bonds. The van der Waals surface area contributed by atoms with Crippen molar-refractivity contribution in [2.75, 3.05) is 13.7 Å². The quantitative estimate of drug-likeness (QED) is 0.673. The number of carbonyl (C=O) groups excluding carboxylic acids is 1. The SMILES string of the molecule is COc1ccc(CNC(=O)CC2CC3OC(CN)C(O)C3O2)cc1. The Labute approximate surface area is 141 Å². The lowest BCUT2D eigenvalue weighted by Crippen LogP contribution is -2.37. The van der Waals surface area contributed by atoms with Crippen LogP contribution in [0, 0.1) is 0 Å². The van der Waals surface area contributed by atoms with E-state index in [-0.39, 0.29) is 43.3 Å². The fourth-order valence-corrected chi connectivity index (χ4v) is 3.26. The van der Waals surface area contributed by atoms with E-state index in [1.165, 1.54) is 0 Å². The predicted octanol–water partition coefficient (Wildman–Crippen LogP) is -0.0540. The summed E-state index contributed by atoms with van der Waals surface area (Å²) in [7, 11) is 1.62. The van der Waals surface area contributed by atoms with E-state index in [2.05, 4.69) is 5.32 Å². The summed E-state index contributed by atoms with van der Waals surface area (Å²) in [4.78, 5) is 12.1. The second-order valence-electron chi connectivity index (χ2n) is 6.23. The topological polar surface area (TPSA) is 103 Å². The number of fused-ring (bicyclic) bond motifs is 1. The Bertz CT molecular complexity index is 565. The van der Waals surface area contributed by atoms with Crippen LogP contribution in [0.15, 0.2) is 24.3 Å². The third-order valence-corrected chi connectivity index (χ3v) is 4.57. The van der Waals surface area contributed by atoms with Crippen molar-refractivity contribution in [1.82, 2.24) is 5.32 Å². The summed E-state index contributed by atoms with van der Waals surface area (Å²) < 4.78 is 16.5. The van der Waals surface area contributed by atoms with E-state index >= 15 is 0 Å². The van der Waals surface area contributed by atoms with E-state index in [9.17, 15) is 9.90 Å². The normalized spacial score (nSPS) is 31.7. The second kappa shape index (κ2) is 7.48. The highest BCUT2D eigenvalue weighted by atomic mass is 16.6. The number of aliphatic hydroxyl groups is 1. The minimum atomic E-state index is -0.715. The molecule has 7 nitrogen and oxygen atoms in total. The van der Waals surface area contributed by atoms with Gasteiger partial charge in [-0.15, -0.1) is 0 Å². The van der Waals surface area contributed by atoms with Crippen molar-refractivity contribution in [2.24, 2.45) is 5.73 Å². The highest BCUT2D eigenvalue weighted by Crippen LogP contribution is 2.35. The van der Waals surface area contributed by atoms with Crippen LogP contribution in [0.2, 0.25) is 0 Å². The highest BCUT2D eigenvalue weighted by molar-refractivity contribution is 5.76. The predicted molar refractivity (Wildman–Crippen MR) is 86.5 cm³/mol. The van der Waals surface area contributed by atoms with Crippen molar-refractivity contribution in [2.45, 2.75) is 49.9 Å². The van der Waals surface area contributed by atoms with E-state index in [1.807, 2.05) is 24.3 Å². The number of aliphatic hydroxyl groups excluding tert-OH is 1. The van der Waals surface area contributed by atoms with Gasteiger partial charge in [0.25, 0.3) is 0 Å². The van der Waals surface area contributed by atoms with Crippen LogP contribution in [0.5, 0.6) is 5.75 Å². The van der Waals surface area contributed by atoms with E-state index < -0.39 is 6.10 Å². The van der Waals surface area contributed by atoms with E-state index in [0.29, 0.717) is 13.0 Å². The van der Waals surface area contributed by atoms with Gasteiger partial charge in [-0.25, -0.2) is 0 Å². The average molecular weight is 336 g/mol. The summed E-state index contributed by atoms with van der Waals surface area (Å²) in [5.74, 6) is 0.700. The number of carbonyl (C=O) groups is 1. The second-order valence-corrected chi connectivity index (χ2v) is 6.23. The van der Waals surface area contributed by atoms with Gasteiger partial charge in [-0.05, 0) is 17.7 Å². The summed E-state index contributed by atoms with van der Waals surface area (Å²) in [6.45, 7) is 0.724. The third-order valence-electron chi connectivity index (χ3n) is 4.57. The zero-order chi connectivity index (χ0) is 17.1. The molecule has 0 saturated carbocycles. The Morgan fingerprint density at radius 2 is 2.12 bits per heavy atom. The summed E-state index contributed by atoms with van der Waals surface area (Å²) in [5.41, 5.74) is 6.54. The van der Waals surface area contributed by atoms with Gasteiger partial charge in [0.2, 0.25) is 5.91 Å². The molecule has 2 saturated heterocycles. The van der Waals surface area contributed by atoms with Gasteiger partial charge in [-0.2, -0.15) is 0 Å². The molecular formula is C17H24N2O5. The fraction of sp³-hybridized carbons (Fsp3) is 0.588. The van der Waals surface area contributed by atoms with E-state index in [1.54, 1.807) is 7.11 Å². The van der Waals surface area contributed by atoms with Crippen molar-refractivity contribution >= 4 is 5.91 Å². The van der Waals surface area contributed by atoms with E-state index in [0.717, 1.165) is 11.3 Å². The third kappa shape index (κ3) is 3.70. The number of rotatable bonds is 6. The number of nitrogens with one attached hydrogen (secondary N) is 1. The lowest BCUT2D eigenvalue weighted by Gasteiger charge is -2.18. The number of hydrogen-bond donors (Lipinski definition) is 3. The van der Waals surface area contributed by atoms with Gasteiger partial charge < -0.3 is 30.4 Å². The fourth-order valence-electron chi connectivity index (χ4n) is 3.26. The smallest absolute Gasteiger partial charge is 0.222 e. The Morgan fingerprint density at radius 3 is 2.75 bits per heavy atom. The summed E-state index contributed by atoms with van der Waals surface area (Å²) >= 11 is 0. The molecule has 0 aliphatic carbocycles. The summed E-state index contributed by atoms with van der Waals surface area (Å²) in [6.07, 6.45) is -1.01. The minimum absolute atomic E-state index is 0.0827. The van der Waals surface area contributed by atoms with Crippen LogP contribution >= 0.6 is 0 Å². The van der Waals surface area contributed by atoms with Crippen molar-refractivity contribution in [1.29, 1.82) is 0 Å². The van der Waals surface area contributed by atoms with Crippen LogP contribution in [0.25, 0.3) is 0 Å². The zero-order valence-corrected chi connectivity index (χ0v) is 13.7. The molecule has 0 aromatic heterocycles. The number of benzene rings is 1. The molecule has 24 heavy (non-hydrogen) atoms. The molecule has 2 heterocycles. The Balaban J connectivity index is 1.43. The number of ether oxygens (including phenoxy) is 3. The first-order valence-corrected chi connectivity index (χ1v) is 8.19. The number of amides is 1. The molecule has 0 bridgehead atoms. The van der Waals surface area contributed by atoms with Crippen molar-refractivity contribution in [3.63, 3.8) is 0 Å². The maximum atomic E-state index is 12.1. The maximum absolute atomic E-state index is 12.1. The van der Waals surface area contributed by atoms with Gasteiger partial charge in [0.05, 0.1) is 31.8 Å². The monoisotopic (exact) mass is 336 g/mol. The minimum Gasteiger partial charge on any atom is -0.497 e. The molecular weight excluding hydrogens is 312 g/mol. The van der Waals surface area contributed by atoms with Crippen LogP contribution in [0.4, 0.5) is 0 Å². The summed E-state index contributed by atoms with van der Waals surface area (Å²) in [5, 5.41) is 12.9. The average Bonchev–Trinajstić information content (AvgIpc) is 3.12. The van der Waals surface area contributed by atoms with Gasteiger partial charge >= 0.3 is 0 Å². The molecule has 1 aromatic carbocycles. The van der Waals surface area contributed by atoms with Crippen LogP contribution in [0.1, 0.15) is 18.4 Å². The first kappa shape index (κ1) is 17.2. The van der Waals surface area contributed by atoms with E-state index in [4.69, 9.17) is 19.9 Å². The van der Waals surface area contributed by atoms with Gasteiger partial charge in [0, 0.05) is 19.5 Å². The van der Waals surface area contributed by atoms with Gasteiger partial charge in [0.15, 0.2) is 0 Å². The maximum Gasteiger partial charge on any atom is 0.222 e. The summed E-state index contributed by atoms with van der Waals surface area (Å²) in [6, 6.07) is 7.53. The molecule has 3 rings (SSSR count). The molecule has 4 N–H and O–H groups in total. The Hall–Kier alpha value is -1.67. The zero-order valence-electron chi connectivity index (χ0n) is 13.7. The molecule has 5 atom stereocenters. The highest BCUT2D eigenvalue weighted by Gasteiger charge is 2.50. The van der Waals surface area contributed by atoms with Crippen LogP contribution in [-0.4, -0.2) is 55.2 Å². The molecule has 2 aliphatic rings. The molecule has 1 aromatic rings. The van der Waals surface area contributed by atoms with Crippen LogP contribution in [-0.2, 0) is 20.8 Å². The van der Waals surface area contributed by atoms with Crippen LogP contribution < -0.4 is 15.8 Å². The molecule has 0 radical (unpaired) electrons. The van der Waals surface area contributed by atoms with Crippen molar-refractivity contribution in [3.05, 3.63) is 29.8 Å². The van der Waals surface area contributed by atoms with Crippen LogP contribution in [0.3, 0.4) is 0 Å². The van der Waals surface area contributed by atoms with Crippen molar-refractivity contribution < 1.29 is 24.1 Å². The first-order valence-electron chi connectivity index (χ1n) is 8.19. The lowest BCUT2D eigenvalue weighted by molar-refractivity contribution is -0.124. The molecule has 2 fully saturated rings. The van der Waals surface area contributed by atoms with Gasteiger partial charge in [-0.3, -0.25) is 4.79 Å². The molecule has 5 unspecified atom stereocenters. The largest absolute Gasteiger partial charge is 0.497 e. The Morgan fingerprint density at radius 1 is 1.38 bits per heavy atom. The number of nitrogens with two attached hydrogens (primary N) is 1. The lowest BCUT2D eigenvalue weighted by atomic mass is 10.1. The first-order chi connectivity index (χ1) is 11.6. The molecule has 0 spiro atoms. The number of methoxy groups -OCH3 is 1. The van der Waals surface area contributed by atoms with Crippen molar-refractivity contribution in [3.8, 4) is 5.75 Å². The number of hydrogen-bond acceptors (Lipinski definition) is 6. The molecule has 132 valence electrons. The molecule has 7 heteroatoms. The van der Waals surface area contributed by atoms with Gasteiger partial charge in [0.1, 0.15) is 18.0 Å². The standard InChI is InChI=1S/C17H24N2O5/c1-22-11-4-2-10(3-5-11)9-19-15(20)7-12-6-13-17(23-12)16(21)14(8-18)24-13/h2-5,12-14,16-17,21H,6-9,18H2,1H3,(H,19,20). The van der Waals surface area contributed by atoms with Gasteiger partial charge in [-0.1, -0.05) is 12.1 Å². The Kier molecular flexibility index (Phi) is 5.35.